The number of anilines is 2. The standard InChI is InChI=1S/C20H18N2O8S/c1-29-11-4-6-13(15(8-11)30-2)22-18(25)16(31-20(22)28)9-17(24)21-10-3-5-12(19(26)27)14(23)7-10/h3-8,16,23H,9H2,1-2H3,(H,21,24)(H,26,27). The lowest BCUT2D eigenvalue weighted by atomic mass is 10.1. The number of hydrogen-bond donors (Lipinski definition) is 3. The Morgan fingerprint density at radius 3 is 2.48 bits per heavy atom. The van der Waals surface area contributed by atoms with Gasteiger partial charge in [0.05, 0.1) is 19.9 Å². The number of benzene rings is 2. The monoisotopic (exact) mass is 446 g/mol. The molecule has 1 aliphatic heterocycles. The Balaban J connectivity index is 1.72. The summed E-state index contributed by atoms with van der Waals surface area (Å²) in [5.74, 6) is -2.22. The summed E-state index contributed by atoms with van der Waals surface area (Å²) in [5, 5.41) is 19.6. The fourth-order valence-corrected chi connectivity index (χ4v) is 3.92. The van der Waals surface area contributed by atoms with Crippen LogP contribution in [0.15, 0.2) is 36.4 Å². The molecule has 0 saturated carbocycles. The molecular weight excluding hydrogens is 428 g/mol. The molecular formula is C20H18N2O8S. The first-order valence-corrected chi connectivity index (χ1v) is 9.76. The summed E-state index contributed by atoms with van der Waals surface area (Å²) in [6.45, 7) is 0. The molecule has 162 valence electrons. The van der Waals surface area contributed by atoms with Crippen molar-refractivity contribution in [2.45, 2.75) is 11.7 Å². The number of nitrogens with zero attached hydrogens (tertiary/aromatic N) is 1. The van der Waals surface area contributed by atoms with Gasteiger partial charge in [-0.25, -0.2) is 9.69 Å². The highest BCUT2D eigenvalue weighted by Gasteiger charge is 2.42. The summed E-state index contributed by atoms with van der Waals surface area (Å²) in [6, 6.07) is 8.17. The summed E-state index contributed by atoms with van der Waals surface area (Å²) in [5.41, 5.74) is 0.0834. The van der Waals surface area contributed by atoms with Crippen molar-refractivity contribution in [3.05, 3.63) is 42.0 Å². The second-order valence-corrected chi connectivity index (χ2v) is 7.53. The maximum Gasteiger partial charge on any atom is 0.339 e. The molecule has 2 aromatic rings. The third-order valence-corrected chi connectivity index (χ3v) is 5.47. The highest BCUT2D eigenvalue weighted by Crippen LogP contribution is 2.39. The molecule has 10 nitrogen and oxygen atoms in total. The Hall–Kier alpha value is -3.73. The summed E-state index contributed by atoms with van der Waals surface area (Å²) in [4.78, 5) is 49.5. The number of aromatic hydroxyl groups is 1. The Morgan fingerprint density at radius 2 is 1.87 bits per heavy atom. The summed E-state index contributed by atoms with van der Waals surface area (Å²) in [7, 11) is 2.87. The normalized spacial score (nSPS) is 15.7. The van der Waals surface area contributed by atoms with E-state index in [0.717, 1.165) is 17.0 Å². The van der Waals surface area contributed by atoms with Gasteiger partial charge in [0, 0.05) is 24.2 Å². The average Bonchev–Trinajstić information content (AvgIpc) is 2.99. The fraction of sp³-hybridized carbons (Fsp3) is 0.200. The molecule has 0 bridgehead atoms. The van der Waals surface area contributed by atoms with E-state index >= 15 is 0 Å². The van der Waals surface area contributed by atoms with Crippen LogP contribution in [0.3, 0.4) is 0 Å². The number of amides is 3. The molecule has 0 aromatic heterocycles. The zero-order valence-electron chi connectivity index (χ0n) is 16.4. The lowest BCUT2D eigenvalue weighted by molar-refractivity contribution is -0.121. The average molecular weight is 446 g/mol. The predicted molar refractivity (Wildman–Crippen MR) is 112 cm³/mol. The number of nitrogens with one attached hydrogen (secondary N) is 1. The van der Waals surface area contributed by atoms with E-state index in [9.17, 15) is 24.3 Å². The second kappa shape index (κ2) is 8.96. The van der Waals surface area contributed by atoms with Crippen LogP contribution >= 0.6 is 11.8 Å². The number of aromatic carboxylic acids is 1. The minimum absolute atomic E-state index is 0.156. The minimum Gasteiger partial charge on any atom is -0.507 e. The van der Waals surface area contributed by atoms with Crippen molar-refractivity contribution in [1.82, 2.24) is 0 Å². The van der Waals surface area contributed by atoms with E-state index in [1.54, 1.807) is 6.07 Å². The number of thioether (sulfide) groups is 1. The van der Waals surface area contributed by atoms with Gasteiger partial charge in [0.15, 0.2) is 0 Å². The minimum atomic E-state index is -1.31. The molecule has 1 fully saturated rings. The first-order chi connectivity index (χ1) is 14.7. The number of imide groups is 1. The number of carboxylic acids is 1. The van der Waals surface area contributed by atoms with E-state index in [1.165, 1.54) is 32.4 Å². The van der Waals surface area contributed by atoms with Crippen molar-refractivity contribution < 1.29 is 38.9 Å². The number of rotatable bonds is 7. The first kappa shape index (κ1) is 22.0. The molecule has 0 aliphatic carbocycles. The molecule has 1 saturated heterocycles. The number of carbonyl (C=O) groups is 4. The van der Waals surface area contributed by atoms with Crippen molar-refractivity contribution in [3.8, 4) is 17.2 Å². The van der Waals surface area contributed by atoms with Crippen LogP contribution in [0.5, 0.6) is 17.2 Å². The van der Waals surface area contributed by atoms with Gasteiger partial charge < -0.3 is 25.0 Å². The van der Waals surface area contributed by atoms with Crippen molar-refractivity contribution >= 4 is 46.2 Å². The second-order valence-electron chi connectivity index (χ2n) is 6.37. The summed E-state index contributed by atoms with van der Waals surface area (Å²) < 4.78 is 10.4. The highest BCUT2D eigenvalue weighted by atomic mass is 32.2. The molecule has 1 unspecified atom stereocenters. The van der Waals surface area contributed by atoms with Gasteiger partial charge in [-0.2, -0.15) is 0 Å². The first-order valence-electron chi connectivity index (χ1n) is 8.88. The van der Waals surface area contributed by atoms with E-state index in [4.69, 9.17) is 14.6 Å². The maximum absolute atomic E-state index is 12.8. The number of carbonyl (C=O) groups excluding carboxylic acids is 3. The molecule has 3 rings (SSSR count). The van der Waals surface area contributed by atoms with Gasteiger partial charge in [-0.3, -0.25) is 14.4 Å². The predicted octanol–water partition coefficient (Wildman–Crippen LogP) is 2.70. The Labute approximate surface area is 180 Å². The quantitative estimate of drug-likeness (QED) is 0.585. The van der Waals surface area contributed by atoms with Crippen molar-refractivity contribution in [2.75, 3.05) is 24.4 Å². The lowest BCUT2D eigenvalue weighted by Gasteiger charge is -2.18. The summed E-state index contributed by atoms with van der Waals surface area (Å²) >= 11 is 0.717. The lowest BCUT2D eigenvalue weighted by Crippen LogP contribution is -2.33. The van der Waals surface area contributed by atoms with Crippen LogP contribution < -0.4 is 19.7 Å². The SMILES string of the molecule is COc1ccc(N2C(=O)SC(CC(=O)Nc3ccc(C(=O)O)c(O)c3)C2=O)c(OC)c1. The number of hydrogen-bond acceptors (Lipinski definition) is 8. The van der Waals surface area contributed by atoms with E-state index in [0.29, 0.717) is 17.5 Å². The largest absolute Gasteiger partial charge is 0.507 e. The van der Waals surface area contributed by atoms with Gasteiger partial charge in [0.25, 0.3) is 5.24 Å². The molecule has 3 amide bonds. The van der Waals surface area contributed by atoms with E-state index in [-0.39, 0.29) is 29.1 Å². The molecule has 1 aliphatic rings. The molecule has 0 spiro atoms. The van der Waals surface area contributed by atoms with Crippen LogP contribution in [-0.2, 0) is 9.59 Å². The van der Waals surface area contributed by atoms with E-state index in [2.05, 4.69) is 5.32 Å². The van der Waals surface area contributed by atoms with Crippen LogP contribution in [0.25, 0.3) is 0 Å². The van der Waals surface area contributed by atoms with Gasteiger partial charge in [-0.1, -0.05) is 0 Å². The molecule has 11 heteroatoms. The molecule has 1 heterocycles. The smallest absolute Gasteiger partial charge is 0.339 e. The third kappa shape index (κ3) is 4.56. The van der Waals surface area contributed by atoms with Crippen LogP contribution in [-0.4, -0.2) is 52.7 Å². The Bertz CT molecular complexity index is 1070. The van der Waals surface area contributed by atoms with Gasteiger partial charge >= 0.3 is 5.97 Å². The Kier molecular flexibility index (Phi) is 6.35. The van der Waals surface area contributed by atoms with Crippen LogP contribution in [0, 0.1) is 0 Å². The third-order valence-electron chi connectivity index (χ3n) is 4.43. The molecule has 3 N–H and O–H groups in total. The van der Waals surface area contributed by atoms with Crippen LogP contribution in [0.2, 0.25) is 0 Å². The summed E-state index contributed by atoms with van der Waals surface area (Å²) in [6.07, 6.45) is -0.300. The fourth-order valence-electron chi connectivity index (χ4n) is 2.95. The van der Waals surface area contributed by atoms with Crippen molar-refractivity contribution in [1.29, 1.82) is 0 Å². The van der Waals surface area contributed by atoms with E-state index in [1.807, 2.05) is 0 Å². The number of ether oxygens (including phenoxy) is 2. The van der Waals surface area contributed by atoms with Gasteiger partial charge in [0.1, 0.15) is 28.1 Å². The molecule has 31 heavy (non-hydrogen) atoms. The molecule has 2 aromatic carbocycles. The molecule has 1 atom stereocenters. The highest BCUT2D eigenvalue weighted by molar-refractivity contribution is 8.15. The zero-order chi connectivity index (χ0) is 22.7. The van der Waals surface area contributed by atoms with Crippen molar-refractivity contribution in [3.63, 3.8) is 0 Å². The number of methoxy groups -OCH3 is 2. The van der Waals surface area contributed by atoms with Gasteiger partial charge in [-0.15, -0.1) is 0 Å². The van der Waals surface area contributed by atoms with Gasteiger partial charge in [-0.05, 0) is 36.0 Å². The number of carboxylic acid groups (broad SMARTS) is 1. The van der Waals surface area contributed by atoms with Crippen molar-refractivity contribution in [2.24, 2.45) is 0 Å². The zero-order valence-corrected chi connectivity index (χ0v) is 17.3. The number of phenols is 1. The maximum atomic E-state index is 12.8. The molecule has 0 radical (unpaired) electrons. The van der Waals surface area contributed by atoms with Gasteiger partial charge in [0.2, 0.25) is 11.8 Å². The van der Waals surface area contributed by atoms with Crippen LogP contribution in [0.1, 0.15) is 16.8 Å². The topological polar surface area (TPSA) is 142 Å². The van der Waals surface area contributed by atoms with E-state index < -0.39 is 34.0 Å². The Morgan fingerprint density at radius 1 is 1.13 bits per heavy atom. The van der Waals surface area contributed by atoms with Crippen LogP contribution in [0.4, 0.5) is 16.2 Å².